The number of carbonyl (C=O) groups excluding carboxylic acids is 2. The molecule has 3 rings (SSSR count). The van der Waals surface area contributed by atoms with Crippen LogP contribution in [0.4, 0.5) is 10.5 Å². The minimum Gasteiger partial charge on any atom is -0.494 e. The summed E-state index contributed by atoms with van der Waals surface area (Å²) in [6.45, 7) is 3.91. The van der Waals surface area contributed by atoms with Gasteiger partial charge in [-0.05, 0) is 66.8 Å². The molecule has 3 amide bonds. The van der Waals surface area contributed by atoms with Crippen LogP contribution in [0, 0.1) is 0 Å². The number of methoxy groups -OCH3 is 3. The standard InChI is InChI=1S/C29H37N3O6S/c1-5-38-24-11-9-23(10-12-24)30-29(34)32(16-17-35-2)21-28(33)31(20-25-7-6-18-39-25)15-14-22-8-13-26(36-3)27(19-22)37-4/h6-13,18-19H,5,14-17,20-21H2,1-4H3,(H,30,34). The first-order valence-corrected chi connectivity index (χ1v) is 13.6. The van der Waals surface area contributed by atoms with E-state index in [1.807, 2.05) is 42.6 Å². The number of thiophene rings is 1. The Balaban J connectivity index is 1.71. The van der Waals surface area contributed by atoms with E-state index in [1.165, 1.54) is 4.90 Å². The summed E-state index contributed by atoms with van der Waals surface area (Å²) in [6.07, 6.45) is 0.619. The smallest absolute Gasteiger partial charge is 0.322 e. The van der Waals surface area contributed by atoms with E-state index in [-0.39, 0.29) is 25.0 Å². The maximum absolute atomic E-state index is 13.6. The van der Waals surface area contributed by atoms with Crippen LogP contribution in [0.5, 0.6) is 17.2 Å². The Hall–Kier alpha value is -3.76. The fourth-order valence-corrected chi connectivity index (χ4v) is 4.62. The minimum atomic E-state index is -0.375. The maximum Gasteiger partial charge on any atom is 0.322 e. The summed E-state index contributed by atoms with van der Waals surface area (Å²) >= 11 is 1.59. The van der Waals surface area contributed by atoms with E-state index in [0.717, 1.165) is 16.2 Å². The lowest BCUT2D eigenvalue weighted by Crippen LogP contribution is -2.46. The first-order valence-electron chi connectivity index (χ1n) is 12.8. The molecule has 1 N–H and O–H groups in total. The van der Waals surface area contributed by atoms with Crippen LogP contribution in [0.3, 0.4) is 0 Å². The number of rotatable bonds is 15. The topological polar surface area (TPSA) is 89.6 Å². The molecule has 10 heteroatoms. The van der Waals surface area contributed by atoms with Gasteiger partial charge in [0, 0.05) is 30.8 Å². The average molecular weight is 556 g/mol. The highest BCUT2D eigenvalue weighted by molar-refractivity contribution is 7.09. The molecule has 0 unspecified atom stereocenters. The Labute approximate surface area is 234 Å². The Morgan fingerprint density at radius 3 is 2.33 bits per heavy atom. The van der Waals surface area contributed by atoms with E-state index < -0.39 is 0 Å². The number of hydrogen-bond donors (Lipinski definition) is 1. The summed E-state index contributed by atoms with van der Waals surface area (Å²) in [6, 6.07) is 16.5. The number of carbonyl (C=O) groups is 2. The van der Waals surface area contributed by atoms with Gasteiger partial charge in [0.15, 0.2) is 11.5 Å². The number of urea groups is 1. The number of ether oxygens (including phenoxy) is 4. The molecule has 0 atom stereocenters. The van der Waals surface area contributed by atoms with Crippen molar-refractivity contribution in [2.75, 3.05) is 59.5 Å². The molecule has 0 saturated heterocycles. The van der Waals surface area contributed by atoms with Gasteiger partial charge in [-0.25, -0.2) is 4.79 Å². The molecule has 0 spiro atoms. The molecule has 0 radical (unpaired) electrons. The van der Waals surface area contributed by atoms with E-state index >= 15 is 0 Å². The Morgan fingerprint density at radius 2 is 1.69 bits per heavy atom. The van der Waals surface area contributed by atoms with Gasteiger partial charge in [0.05, 0.1) is 34.0 Å². The van der Waals surface area contributed by atoms with E-state index in [4.69, 9.17) is 18.9 Å². The summed E-state index contributed by atoms with van der Waals surface area (Å²) in [5.74, 6) is 1.87. The summed E-state index contributed by atoms with van der Waals surface area (Å²) < 4.78 is 21.4. The second-order valence-corrected chi connectivity index (χ2v) is 9.67. The third kappa shape index (κ3) is 9.19. The molecule has 39 heavy (non-hydrogen) atoms. The molecular weight excluding hydrogens is 518 g/mol. The number of hydrogen-bond acceptors (Lipinski definition) is 7. The van der Waals surface area contributed by atoms with Crippen LogP contribution >= 0.6 is 11.3 Å². The van der Waals surface area contributed by atoms with Crippen LogP contribution in [-0.2, 0) is 22.5 Å². The normalized spacial score (nSPS) is 10.6. The molecule has 2 aromatic carbocycles. The SMILES string of the molecule is CCOc1ccc(NC(=O)N(CCOC)CC(=O)N(CCc2ccc(OC)c(OC)c2)Cc2cccs2)cc1. The second kappa shape index (κ2) is 15.6. The molecule has 0 aliphatic heterocycles. The van der Waals surface area contributed by atoms with Crippen molar-refractivity contribution in [3.8, 4) is 17.2 Å². The summed E-state index contributed by atoms with van der Waals surface area (Å²) in [7, 11) is 4.76. The summed E-state index contributed by atoms with van der Waals surface area (Å²) in [4.78, 5) is 31.0. The summed E-state index contributed by atoms with van der Waals surface area (Å²) in [5, 5.41) is 4.86. The van der Waals surface area contributed by atoms with Gasteiger partial charge in [0.2, 0.25) is 5.91 Å². The van der Waals surface area contributed by atoms with Crippen LogP contribution in [0.25, 0.3) is 0 Å². The van der Waals surface area contributed by atoms with Crippen molar-refractivity contribution in [3.63, 3.8) is 0 Å². The van der Waals surface area contributed by atoms with Crippen molar-refractivity contribution in [1.82, 2.24) is 9.80 Å². The molecule has 0 aliphatic rings. The van der Waals surface area contributed by atoms with Crippen molar-refractivity contribution < 1.29 is 28.5 Å². The quantitative estimate of drug-likeness (QED) is 0.287. The van der Waals surface area contributed by atoms with E-state index in [0.29, 0.717) is 49.9 Å². The third-order valence-corrected chi connectivity index (χ3v) is 6.85. The predicted molar refractivity (Wildman–Crippen MR) is 153 cm³/mol. The lowest BCUT2D eigenvalue weighted by molar-refractivity contribution is -0.132. The first-order chi connectivity index (χ1) is 19.0. The minimum absolute atomic E-state index is 0.0798. The molecule has 0 bridgehead atoms. The average Bonchev–Trinajstić information content (AvgIpc) is 3.47. The van der Waals surface area contributed by atoms with Crippen molar-refractivity contribution in [2.24, 2.45) is 0 Å². The number of benzene rings is 2. The van der Waals surface area contributed by atoms with Gasteiger partial charge < -0.3 is 34.1 Å². The molecule has 3 aromatic rings. The van der Waals surface area contributed by atoms with Crippen molar-refractivity contribution in [1.29, 1.82) is 0 Å². The number of amides is 3. The lowest BCUT2D eigenvalue weighted by atomic mass is 10.1. The molecule has 0 fully saturated rings. The maximum atomic E-state index is 13.6. The Bertz CT molecular complexity index is 1170. The molecule has 0 saturated carbocycles. The van der Waals surface area contributed by atoms with Gasteiger partial charge in [-0.1, -0.05) is 12.1 Å². The van der Waals surface area contributed by atoms with Gasteiger partial charge in [-0.2, -0.15) is 0 Å². The van der Waals surface area contributed by atoms with Gasteiger partial charge in [-0.3, -0.25) is 4.79 Å². The second-order valence-electron chi connectivity index (χ2n) is 8.64. The van der Waals surface area contributed by atoms with E-state index in [2.05, 4.69) is 5.32 Å². The van der Waals surface area contributed by atoms with Crippen LogP contribution in [-0.4, -0.2) is 75.9 Å². The zero-order chi connectivity index (χ0) is 28.0. The number of nitrogens with zero attached hydrogens (tertiary/aromatic N) is 2. The molecule has 210 valence electrons. The van der Waals surface area contributed by atoms with Crippen LogP contribution < -0.4 is 19.5 Å². The van der Waals surface area contributed by atoms with Gasteiger partial charge >= 0.3 is 6.03 Å². The molecule has 1 aromatic heterocycles. The van der Waals surface area contributed by atoms with Gasteiger partial charge in [0.1, 0.15) is 12.3 Å². The fraction of sp³-hybridized carbons (Fsp3) is 0.379. The predicted octanol–water partition coefficient (Wildman–Crippen LogP) is 4.92. The molecular formula is C29H37N3O6S. The Morgan fingerprint density at radius 1 is 0.923 bits per heavy atom. The van der Waals surface area contributed by atoms with Crippen molar-refractivity contribution in [3.05, 3.63) is 70.4 Å². The molecule has 0 aliphatic carbocycles. The number of anilines is 1. The fourth-order valence-electron chi connectivity index (χ4n) is 3.90. The Kier molecular flexibility index (Phi) is 11.9. The molecule has 1 heterocycles. The van der Waals surface area contributed by atoms with Crippen LogP contribution in [0.15, 0.2) is 60.0 Å². The highest BCUT2D eigenvalue weighted by Crippen LogP contribution is 2.28. The highest BCUT2D eigenvalue weighted by atomic mass is 32.1. The lowest BCUT2D eigenvalue weighted by Gasteiger charge is -2.28. The van der Waals surface area contributed by atoms with Crippen molar-refractivity contribution >= 4 is 29.0 Å². The van der Waals surface area contributed by atoms with Gasteiger partial charge in [-0.15, -0.1) is 11.3 Å². The van der Waals surface area contributed by atoms with E-state index in [1.54, 1.807) is 61.8 Å². The first kappa shape index (κ1) is 29.8. The van der Waals surface area contributed by atoms with Crippen LogP contribution in [0.2, 0.25) is 0 Å². The van der Waals surface area contributed by atoms with Gasteiger partial charge in [0.25, 0.3) is 0 Å². The largest absolute Gasteiger partial charge is 0.494 e. The number of nitrogens with one attached hydrogen (secondary N) is 1. The van der Waals surface area contributed by atoms with Crippen molar-refractivity contribution in [2.45, 2.75) is 19.9 Å². The zero-order valence-corrected chi connectivity index (χ0v) is 23.8. The van der Waals surface area contributed by atoms with E-state index in [9.17, 15) is 9.59 Å². The third-order valence-electron chi connectivity index (χ3n) is 5.99. The monoisotopic (exact) mass is 555 g/mol. The highest BCUT2D eigenvalue weighted by Gasteiger charge is 2.22. The van der Waals surface area contributed by atoms with Crippen LogP contribution in [0.1, 0.15) is 17.4 Å². The molecule has 9 nitrogen and oxygen atoms in total. The zero-order valence-electron chi connectivity index (χ0n) is 23.0. The summed E-state index contributed by atoms with van der Waals surface area (Å²) in [5.41, 5.74) is 1.63.